The molecule has 0 aliphatic heterocycles. The normalized spacial score (nSPS) is 17.8. The molecule has 1 atom stereocenters. The fraction of sp³-hybridized carbons (Fsp3) is 0.267. The molecule has 1 heterocycles. The van der Waals surface area contributed by atoms with Crippen LogP contribution in [0.3, 0.4) is 0 Å². The van der Waals surface area contributed by atoms with Crippen LogP contribution in [0.4, 0.5) is 4.39 Å². The number of hydrogen-bond acceptors (Lipinski definition) is 2. The Kier molecular flexibility index (Phi) is 2.84. The minimum Gasteiger partial charge on any atom is -0.326 e. The van der Waals surface area contributed by atoms with Crippen LogP contribution in [0.15, 0.2) is 36.5 Å². The molecule has 3 rings (SSSR count). The van der Waals surface area contributed by atoms with E-state index in [0.29, 0.717) is 6.54 Å². The summed E-state index contributed by atoms with van der Waals surface area (Å²) in [5.41, 5.74) is 9.35. The van der Waals surface area contributed by atoms with Crippen LogP contribution < -0.4 is 5.73 Å². The summed E-state index contributed by atoms with van der Waals surface area (Å²) in [5, 5.41) is 0. The lowest BCUT2D eigenvalue weighted by Crippen LogP contribution is -2.04. The zero-order chi connectivity index (χ0) is 12.5. The second kappa shape index (κ2) is 4.50. The largest absolute Gasteiger partial charge is 0.326 e. The Morgan fingerprint density at radius 3 is 3.00 bits per heavy atom. The van der Waals surface area contributed by atoms with E-state index >= 15 is 0 Å². The van der Waals surface area contributed by atoms with Crippen molar-refractivity contribution in [2.24, 2.45) is 5.73 Å². The smallest absolute Gasteiger partial charge is 0.127 e. The number of aromatic nitrogens is 1. The molecule has 0 bridgehead atoms. The maximum atomic E-state index is 14.1. The predicted octanol–water partition coefficient (Wildman–Crippen LogP) is 2.76. The molecule has 0 amide bonds. The van der Waals surface area contributed by atoms with E-state index in [1.807, 2.05) is 18.2 Å². The van der Waals surface area contributed by atoms with Gasteiger partial charge in [0, 0.05) is 18.7 Å². The number of benzene rings is 1. The monoisotopic (exact) mass is 242 g/mol. The van der Waals surface area contributed by atoms with Gasteiger partial charge in [0.1, 0.15) is 5.82 Å². The van der Waals surface area contributed by atoms with Crippen molar-refractivity contribution in [1.29, 1.82) is 0 Å². The Balaban J connectivity index is 2.02. The molecule has 0 radical (unpaired) electrons. The Morgan fingerprint density at radius 2 is 2.22 bits per heavy atom. The number of nitrogens with zero attached hydrogens (tertiary/aromatic N) is 1. The molecule has 3 heteroatoms. The summed E-state index contributed by atoms with van der Waals surface area (Å²) in [6, 6.07) is 9.31. The molecule has 1 aromatic heterocycles. The van der Waals surface area contributed by atoms with Gasteiger partial charge in [0.25, 0.3) is 0 Å². The highest BCUT2D eigenvalue weighted by Crippen LogP contribution is 2.37. The lowest BCUT2D eigenvalue weighted by Gasteiger charge is -2.13. The number of rotatable bonds is 2. The topological polar surface area (TPSA) is 38.9 Å². The zero-order valence-electron chi connectivity index (χ0n) is 10.1. The van der Waals surface area contributed by atoms with Gasteiger partial charge in [-0.3, -0.25) is 4.98 Å². The average molecular weight is 242 g/mol. The molecule has 0 saturated carbocycles. The molecule has 1 aliphatic rings. The summed E-state index contributed by atoms with van der Waals surface area (Å²) in [4.78, 5) is 4.41. The van der Waals surface area contributed by atoms with Crippen molar-refractivity contribution < 1.29 is 4.39 Å². The molecule has 0 fully saturated rings. The maximum absolute atomic E-state index is 14.1. The average Bonchev–Trinajstić information content (AvgIpc) is 2.82. The third-order valence-corrected chi connectivity index (χ3v) is 3.63. The first-order valence-corrected chi connectivity index (χ1v) is 6.22. The quantitative estimate of drug-likeness (QED) is 0.879. The molecule has 2 N–H and O–H groups in total. The summed E-state index contributed by atoms with van der Waals surface area (Å²) in [6.45, 7) is 0.372. The second-order valence-electron chi connectivity index (χ2n) is 4.70. The molecule has 0 saturated heterocycles. The summed E-state index contributed by atoms with van der Waals surface area (Å²) in [7, 11) is 0. The van der Waals surface area contributed by atoms with Gasteiger partial charge in [0.05, 0.1) is 5.69 Å². The van der Waals surface area contributed by atoms with Crippen LogP contribution in [0.25, 0.3) is 0 Å². The zero-order valence-corrected chi connectivity index (χ0v) is 10.1. The Bertz CT molecular complexity index is 580. The highest BCUT2D eigenvalue weighted by molar-refractivity contribution is 5.39. The number of hydrogen-bond donors (Lipinski definition) is 1. The van der Waals surface area contributed by atoms with Crippen LogP contribution in [-0.4, -0.2) is 4.98 Å². The SMILES string of the molecule is NCc1ccc(C2CCc3cccnc32)c(F)c1. The van der Waals surface area contributed by atoms with Crippen molar-refractivity contribution in [2.75, 3.05) is 0 Å². The summed E-state index contributed by atoms with van der Waals surface area (Å²) in [5.74, 6) is -0.0746. The van der Waals surface area contributed by atoms with Crippen molar-refractivity contribution in [3.63, 3.8) is 0 Å². The predicted molar refractivity (Wildman–Crippen MR) is 68.7 cm³/mol. The Morgan fingerprint density at radius 1 is 1.33 bits per heavy atom. The highest BCUT2D eigenvalue weighted by Gasteiger charge is 2.27. The van der Waals surface area contributed by atoms with Gasteiger partial charge < -0.3 is 5.73 Å². The van der Waals surface area contributed by atoms with Crippen molar-refractivity contribution >= 4 is 0 Å². The summed E-state index contributed by atoms with van der Waals surface area (Å²) < 4.78 is 14.1. The summed E-state index contributed by atoms with van der Waals surface area (Å²) in [6.07, 6.45) is 3.69. The lowest BCUT2D eigenvalue weighted by atomic mass is 9.95. The van der Waals surface area contributed by atoms with Crippen LogP contribution in [0.1, 0.15) is 34.7 Å². The Labute approximate surface area is 106 Å². The minimum absolute atomic E-state index is 0.0908. The first-order chi connectivity index (χ1) is 8.79. The van der Waals surface area contributed by atoms with Crippen LogP contribution in [-0.2, 0) is 13.0 Å². The van der Waals surface area contributed by atoms with Gasteiger partial charge >= 0.3 is 0 Å². The summed E-state index contributed by atoms with van der Waals surface area (Å²) >= 11 is 0. The molecule has 2 aromatic rings. The van der Waals surface area contributed by atoms with E-state index in [1.165, 1.54) is 11.6 Å². The number of nitrogens with two attached hydrogens (primary N) is 1. The number of halogens is 1. The molecule has 1 aromatic carbocycles. The molecule has 92 valence electrons. The maximum Gasteiger partial charge on any atom is 0.127 e. The standard InChI is InChI=1S/C15H15FN2/c16-14-8-10(9-17)3-5-12(14)13-6-4-11-2-1-7-18-15(11)13/h1-3,5,7-8,13H,4,6,9,17H2. The fourth-order valence-corrected chi connectivity index (χ4v) is 2.70. The van der Waals surface area contributed by atoms with Crippen molar-refractivity contribution in [3.05, 3.63) is 64.7 Å². The number of fused-ring (bicyclic) bond motifs is 1. The van der Waals surface area contributed by atoms with E-state index in [2.05, 4.69) is 11.1 Å². The van der Waals surface area contributed by atoms with Crippen molar-refractivity contribution in [1.82, 2.24) is 4.98 Å². The van der Waals surface area contributed by atoms with E-state index in [-0.39, 0.29) is 11.7 Å². The number of aryl methyl sites for hydroxylation is 1. The number of pyridine rings is 1. The molecule has 2 nitrogen and oxygen atoms in total. The second-order valence-corrected chi connectivity index (χ2v) is 4.70. The van der Waals surface area contributed by atoms with E-state index in [1.54, 1.807) is 6.20 Å². The first-order valence-electron chi connectivity index (χ1n) is 6.22. The van der Waals surface area contributed by atoms with Gasteiger partial charge in [-0.15, -0.1) is 0 Å². The molecule has 1 unspecified atom stereocenters. The van der Waals surface area contributed by atoms with E-state index in [9.17, 15) is 4.39 Å². The molecule has 0 spiro atoms. The molecular weight excluding hydrogens is 227 g/mol. The molecule has 18 heavy (non-hydrogen) atoms. The van der Waals surface area contributed by atoms with Crippen LogP contribution in [0.2, 0.25) is 0 Å². The Hall–Kier alpha value is -1.74. The lowest BCUT2D eigenvalue weighted by molar-refractivity contribution is 0.590. The van der Waals surface area contributed by atoms with E-state index in [0.717, 1.165) is 29.7 Å². The third kappa shape index (κ3) is 1.81. The van der Waals surface area contributed by atoms with Gasteiger partial charge in [-0.1, -0.05) is 18.2 Å². The van der Waals surface area contributed by atoms with Crippen molar-refractivity contribution in [3.8, 4) is 0 Å². The van der Waals surface area contributed by atoms with E-state index < -0.39 is 0 Å². The van der Waals surface area contributed by atoms with Gasteiger partial charge in [0.2, 0.25) is 0 Å². The van der Waals surface area contributed by atoms with Crippen molar-refractivity contribution in [2.45, 2.75) is 25.3 Å². The van der Waals surface area contributed by atoms with Gasteiger partial charge in [0.15, 0.2) is 0 Å². The fourth-order valence-electron chi connectivity index (χ4n) is 2.70. The molecule has 1 aliphatic carbocycles. The van der Waals surface area contributed by atoms with Crippen LogP contribution >= 0.6 is 0 Å². The van der Waals surface area contributed by atoms with Crippen LogP contribution in [0, 0.1) is 5.82 Å². The van der Waals surface area contributed by atoms with E-state index in [4.69, 9.17) is 5.73 Å². The highest BCUT2D eigenvalue weighted by atomic mass is 19.1. The van der Waals surface area contributed by atoms with Crippen LogP contribution in [0.5, 0.6) is 0 Å². The first kappa shape index (κ1) is 11.4. The minimum atomic E-state index is -0.165. The van der Waals surface area contributed by atoms with Gasteiger partial charge in [-0.2, -0.15) is 0 Å². The van der Waals surface area contributed by atoms with Gasteiger partial charge in [-0.25, -0.2) is 4.39 Å². The third-order valence-electron chi connectivity index (χ3n) is 3.63. The van der Waals surface area contributed by atoms with Gasteiger partial charge in [-0.05, 0) is 41.7 Å². The molecular formula is C15H15FN2.